The van der Waals surface area contributed by atoms with E-state index in [4.69, 9.17) is 0 Å². The van der Waals surface area contributed by atoms with E-state index in [1.54, 1.807) is 10.7 Å². The molecular formula is C21H25N3O2. The largest absolute Gasteiger partial charge is 0.341 e. The molecule has 1 aromatic heterocycles. The number of aromatic nitrogens is 2. The molecule has 26 heavy (non-hydrogen) atoms. The number of carbonyl (C=O) groups excluding carboxylic acids is 1. The van der Waals surface area contributed by atoms with Crippen molar-refractivity contribution in [3.05, 3.63) is 40.7 Å². The Hall–Kier alpha value is -2.17. The van der Waals surface area contributed by atoms with E-state index in [0.29, 0.717) is 23.3 Å². The number of fused-ring (bicyclic) bond motifs is 1. The molecule has 1 aromatic carbocycles. The van der Waals surface area contributed by atoms with Crippen LogP contribution in [0.25, 0.3) is 10.9 Å². The van der Waals surface area contributed by atoms with Crippen molar-refractivity contribution in [3.8, 4) is 0 Å². The molecule has 0 unspecified atom stereocenters. The first-order chi connectivity index (χ1) is 12.6. The standard InChI is InChI=1S/C21H25N3O2/c1-23(21-15-7-13-6-14(9-15)10-16(21)8-13)20(26)12-24-18-5-3-2-4-17(18)19(25)11-22-24/h2-5,11,13-16,21H,6-10,12H2,1H3. The third-order valence-electron chi connectivity index (χ3n) is 7.06. The molecule has 1 amide bonds. The summed E-state index contributed by atoms with van der Waals surface area (Å²) in [5.41, 5.74) is 0.630. The first kappa shape index (κ1) is 16.0. The highest BCUT2D eigenvalue weighted by Crippen LogP contribution is 2.54. The predicted octanol–water partition coefficient (Wildman–Crippen LogP) is 2.68. The molecule has 4 bridgehead atoms. The molecule has 5 heteroatoms. The van der Waals surface area contributed by atoms with Crippen molar-refractivity contribution in [3.63, 3.8) is 0 Å². The molecule has 0 atom stereocenters. The highest BCUT2D eigenvalue weighted by Gasteiger charge is 2.50. The maximum absolute atomic E-state index is 13.1. The van der Waals surface area contributed by atoms with Crippen molar-refractivity contribution in [2.24, 2.45) is 23.7 Å². The van der Waals surface area contributed by atoms with E-state index in [1.807, 2.05) is 30.1 Å². The summed E-state index contributed by atoms with van der Waals surface area (Å²) in [5.74, 6) is 3.27. The topological polar surface area (TPSA) is 55.2 Å². The molecule has 0 radical (unpaired) electrons. The molecule has 1 heterocycles. The van der Waals surface area contributed by atoms with Crippen molar-refractivity contribution in [2.75, 3.05) is 7.05 Å². The number of likely N-dealkylation sites (N-methyl/N-ethyl adjacent to an activating group) is 1. The molecule has 4 fully saturated rings. The minimum atomic E-state index is -0.0984. The second-order valence-corrected chi connectivity index (χ2v) is 8.61. The Balaban J connectivity index is 1.39. The molecule has 0 saturated heterocycles. The molecule has 4 aliphatic carbocycles. The Labute approximate surface area is 153 Å². The number of amides is 1. The minimum Gasteiger partial charge on any atom is -0.341 e. The van der Waals surface area contributed by atoms with Gasteiger partial charge in [-0.3, -0.25) is 14.3 Å². The quantitative estimate of drug-likeness (QED) is 0.854. The van der Waals surface area contributed by atoms with Crippen LogP contribution in [0, 0.1) is 23.7 Å². The Morgan fingerprint density at radius 3 is 2.46 bits per heavy atom. The van der Waals surface area contributed by atoms with E-state index in [1.165, 1.54) is 38.3 Å². The second-order valence-electron chi connectivity index (χ2n) is 8.61. The first-order valence-corrected chi connectivity index (χ1v) is 9.80. The SMILES string of the molecule is CN(C(=O)Cn1ncc(=O)c2ccccc21)C1C2CC3CC(C2)CC1C3. The number of carbonyl (C=O) groups is 1. The van der Waals surface area contributed by atoms with Crippen LogP contribution in [0.1, 0.15) is 32.1 Å². The molecule has 2 aromatic rings. The van der Waals surface area contributed by atoms with E-state index >= 15 is 0 Å². The predicted molar refractivity (Wildman–Crippen MR) is 99.6 cm³/mol. The number of nitrogens with zero attached hydrogens (tertiary/aromatic N) is 3. The van der Waals surface area contributed by atoms with Crippen LogP contribution in [0.5, 0.6) is 0 Å². The van der Waals surface area contributed by atoms with Gasteiger partial charge in [-0.05, 0) is 67.9 Å². The molecular weight excluding hydrogens is 326 g/mol. The fourth-order valence-corrected chi connectivity index (χ4v) is 6.22. The summed E-state index contributed by atoms with van der Waals surface area (Å²) in [4.78, 5) is 27.0. The Bertz CT molecular complexity index is 891. The van der Waals surface area contributed by atoms with E-state index in [-0.39, 0.29) is 17.9 Å². The second kappa shape index (κ2) is 5.93. The van der Waals surface area contributed by atoms with Crippen LogP contribution in [-0.2, 0) is 11.3 Å². The Morgan fingerprint density at radius 2 is 1.77 bits per heavy atom. The molecule has 0 aliphatic heterocycles. The lowest BCUT2D eigenvalue weighted by molar-refractivity contribution is -0.141. The average Bonchev–Trinajstić information content (AvgIpc) is 2.63. The van der Waals surface area contributed by atoms with Gasteiger partial charge in [-0.1, -0.05) is 12.1 Å². The summed E-state index contributed by atoms with van der Waals surface area (Å²) < 4.78 is 1.67. The van der Waals surface area contributed by atoms with Gasteiger partial charge in [0.05, 0.1) is 11.7 Å². The van der Waals surface area contributed by atoms with Gasteiger partial charge in [0, 0.05) is 18.5 Å². The van der Waals surface area contributed by atoms with Gasteiger partial charge in [-0.2, -0.15) is 5.10 Å². The van der Waals surface area contributed by atoms with Crippen LogP contribution in [-0.4, -0.2) is 33.7 Å². The Kier molecular flexibility index (Phi) is 3.66. The summed E-state index contributed by atoms with van der Waals surface area (Å²) in [6.07, 6.45) is 7.94. The van der Waals surface area contributed by atoms with Gasteiger partial charge in [-0.25, -0.2) is 0 Å². The van der Waals surface area contributed by atoms with Gasteiger partial charge < -0.3 is 4.90 Å². The van der Waals surface area contributed by atoms with Crippen molar-refractivity contribution >= 4 is 16.8 Å². The maximum atomic E-state index is 13.1. The molecule has 0 N–H and O–H groups in total. The number of benzene rings is 1. The van der Waals surface area contributed by atoms with Crippen molar-refractivity contribution < 1.29 is 4.79 Å². The van der Waals surface area contributed by atoms with Crippen LogP contribution in [0.4, 0.5) is 0 Å². The van der Waals surface area contributed by atoms with Crippen LogP contribution in [0.15, 0.2) is 35.3 Å². The third-order valence-corrected chi connectivity index (χ3v) is 7.06. The summed E-state index contributed by atoms with van der Waals surface area (Å²) >= 11 is 0. The maximum Gasteiger partial charge on any atom is 0.244 e. The Morgan fingerprint density at radius 1 is 1.12 bits per heavy atom. The minimum absolute atomic E-state index is 0.0984. The summed E-state index contributed by atoms with van der Waals surface area (Å²) in [6, 6.07) is 7.77. The summed E-state index contributed by atoms with van der Waals surface area (Å²) in [6.45, 7) is 0.195. The molecule has 5 nitrogen and oxygen atoms in total. The molecule has 4 aliphatic rings. The van der Waals surface area contributed by atoms with E-state index < -0.39 is 0 Å². The lowest BCUT2D eigenvalue weighted by Gasteiger charge is -2.56. The fraction of sp³-hybridized carbons (Fsp3) is 0.571. The van der Waals surface area contributed by atoms with Crippen LogP contribution in [0.2, 0.25) is 0 Å². The smallest absolute Gasteiger partial charge is 0.244 e. The summed E-state index contributed by atoms with van der Waals surface area (Å²) in [7, 11) is 1.97. The van der Waals surface area contributed by atoms with Gasteiger partial charge >= 0.3 is 0 Å². The summed E-state index contributed by atoms with van der Waals surface area (Å²) in [5, 5.41) is 4.84. The van der Waals surface area contributed by atoms with Crippen LogP contribution in [0.3, 0.4) is 0 Å². The van der Waals surface area contributed by atoms with E-state index in [0.717, 1.165) is 17.4 Å². The van der Waals surface area contributed by atoms with Gasteiger partial charge in [-0.15, -0.1) is 0 Å². The number of hydrogen-bond donors (Lipinski definition) is 0. The number of hydrogen-bond acceptors (Lipinski definition) is 3. The molecule has 0 spiro atoms. The van der Waals surface area contributed by atoms with Crippen LogP contribution >= 0.6 is 0 Å². The van der Waals surface area contributed by atoms with Gasteiger partial charge in [0.25, 0.3) is 0 Å². The number of rotatable bonds is 3. The van der Waals surface area contributed by atoms with E-state index in [9.17, 15) is 9.59 Å². The highest BCUT2D eigenvalue weighted by atomic mass is 16.2. The molecule has 6 rings (SSSR count). The van der Waals surface area contributed by atoms with Gasteiger partial charge in [0.1, 0.15) is 6.54 Å². The number of para-hydroxylation sites is 1. The van der Waals surface area contributed by atoms with Crippen molar-refractivity contribution in [1.29, 1.82) is 0 Å². The lowest BCUT2D eigenvalue weighted by atomic mass is 9.54. The monoisotopic (exact) mass is 351 g/mol. The first-order valence-electron chi connectivity index (χ1n) is 9.80. The van der Waals surface area contributed by atoms with Gasteiger partial charge in [0.15, 0.2) is 0 Å². The zero-order chi connectivity index (χ0) is 17.8. The zero-order valence-electron chi connectivity index (χ0n) is 15.2. The van der Waals surface area contributed by atoms with Crippen LogP contribution < -0.4 is 5.43 Å². The average molecular weight is 351 g/mol. The van der Waals surface area contributed by atoms with Crippen molar-refractivity contribution in [2.45, 2.75) is 44.7 Å². The molecule has 4 saturated carbocycles. The fourth-order valence-electron chi connectivity index (χ4n) is 6.22. The van der Waals surface area contributed by atoms with Gasteiger partial charge in [0.2, 0.25) is 11.3 Å². The van der Waals surface area contributed by atoms with Crippen molar-refractivity contribution in [1.82, 2.24) is 14.7 Å². The van der Waals surface area contributed by atoms with E-state index in [2.05, 4.69) is 5.10 Å². The third kappa shape index (κ3) is 2.48. The highest BCUT2D eigenvalue weighted by molar-refractivity contribution is 5.81. The zero-order valence-corrected chi connectivity index (χ0v) is 15.2. The molecule has 136 valence electrons. The normalized spacial score (nSPS) is 32.1. The lowest BCUT2D eigenvalue weighted by Crippen LogP contribution is -2.56.